The number of carbonyl (C=O) groups is 5. The van der Waals surface area contributed by atoms with Gasteiger partial charge >= 0.3 is 5.97 Å². The zero-order valence-corrected chi connectivity index (χ0v) is 34.8. The minimum atomic E-state index is -2.33. The standard InChI is InChI=1S/C39H59F2N5O15/c1-5-23-26-27(24(6-2)59-23)36(53)46(35(26)52)13-9-7-8-12-44(25(48)11-10-20(3)47)18-22-19-45(43-42-22)14-15-56-16-17-57-38-29(41)32(51)33(34(61-38)37(54)55)60-39-28(40)31(50)30(49)21(4)58-39/h19,21,23-24,26-34,38-39,49-51H,5-18H2,1-4H3,(H,54,55)/t21?,23-,24+,26+,27-,28?,29?,30-,31-,32-,33+,34?,38-,39-/m1/s1. The minimum absolute atomic E-state index is 0.0304. The number of unbranched alkanes of at least 4 members (excludes halogenated alkanes) is 2. The van der Waals surface area contributed by atoms with Crippen LogP contribution >= 0.6 is 0 Å². The molecule has 3 amide bonds. The first-order chi connectivity index (χ1) is 29.1. The number of aliphatic hydroxyl groups excluding tert-OH is 3. The molecule has 0 bridgehead atoms. The van der Waals surface area contributed by atoms with Gasteiger partial charge in [-0.2, -0.15) is 0 Å². The molecule has 4 aliphatic heterocycles. The van der Waals surface area contributed by atoms with Crippen molar-refractivity contribution >= 4 is 29.5 Å². The van der Waals surface area contributed by atoms with E-state index in [-0.39, 0.29) is 81.5 Å². The van der Waals surface area contributed by atoms with Gasteiger partial charge in [-0.15, -0.1) is 5.10 Å². The Bertz CT molecular complexity index is 1630. The van der Waals surface area contributed by atoms with Crippen molar-refractivity contribution in [3.05, 3.63) is 11.9 Å². The molecule has 5 rings (SSSR count). The predicted molar refractivity (Wildman–Crippen MR) is 202 cm³/mol. The van der Waals surface area contributed by atoms with Crippen LogP contribution in [0.4, 0.5) is 8.78 Å². The van der Waals surface area contributed by atoms with E-state index in [2.05, 4.69) is 10.3 Å². The van der Waals surface area contributed by atoms with Crippen LogP contribution in [0.15, 0.2) is 6.20 Å². The zero-order valence-electron chi connectivity index (χ0n) is 34.8. The summed E-state index contributed by atoms with van der Waals surface area (Å²) in [5.41, 5.74) is 0.482. The number of hydrogen-bond acceptors (Lipinski definition) is 16. The Morgan fingerprint density at radius 1 is 0.852 bits per heavy atom. The Hall–Kier alpha value is -3.61. The molecule has 4 N–H and O–H groups in total. The van der Waals surface area contributed by atoms with E-state index in [0.717, 1.165) is 0 Å². The van der Waals surface area contributed by atoms with E-state index in [9.17, 15) is 48.8 Å². The number of fused-ring (bicyclic) bond motifs is 1. The van der Waals surface area contributed by atoms with Crippen LogP contribution < -0.4 is 0 Å². The fourth-order valence-corrected chi connectivity index (χ4v) is 8.11. The third-order valence-corrected chi connectivity index (χ3v) is 11.5. The number of likely N-dealkylation sites (tertiary alicyclic amines) is 1. The number of ketones is 1. The molecule has 0 aliphatic carbocycles. The van der Waals surface area contributed by atoms with Gasteiger partial charge in [-0.1, -0.05) is 19.1 Å². The number of rotatable bonds is 23. The molecule has 20 nitrogen and oxygen atoms in total. The Balaban J connectivity index is 1.03. The number of halogens is 2. The number of aliphatic carboxylic acids is 1. The topological polar surface area (TPSA) is 259 Å². The minimum Gasteiger partial charge on any atom is -0.479 e. The highest BCUT2D eigenvalue weighted by Crippen LogP contribution is 2.43. The molecule has 14 atom stereocenters. The van der Waals surface area contributed by atoms with Gasteiger partial charge in [0.2, 0.25) is 17.7 Å². The summed E-state index contributed by atoms with van der Waals surface area (Å²) in [6, 6.07) is 0. The second-order valence-corrected chi connectivity index (χ2v) is 15.9. The Morgan fingerprint density at radius 3 is 2.16 bits per heavy atom. The number of nitrogens with zero attached hydrogens (tertiary/aromatic N) is 5. The maximum absolute atomic E-state index is 15.2. The number of hydrogen-bond donors (Lipinski definition) is 4. The number of ether oxygens (including phenoxy) is 6. The number of alkyl halides is 2. The lowest BCUT2D eigenvalue weighted by Gasteiger charge is -2.43. The number of amides is 3. The number of carboxylic acids is 1. The molecule has 4 aliphatic rings. The lowest BCUT2D eigenvalue weighted by molar-refractivity contribution is -0.339. The quantitative estimate of drug-likeness (QED) is 0.0838. The zero-order chi connectivity index (χ0) is 44.5. The Labute approximate surface area is 351 Å². The van der Waals surface area contributed by atoms with Crippen molar-refractivity contribution in [3.8, 4) is 0 Å². The van der Waals surface area contributed by atoms with Crippen LogP contribution in [0.1, 0.15) is 78.3 Å². The average Bonchev–Trinajstić information content (AvgIpc) is 3.92. The van der Waals surface area contributed by atoms with Crippen LogP contribution in [0.3, 0.4) is 0 Å². The Kier molecular flexibility index (Phi) is 17.6. The van der Waals surface area contributed by atoms with Crippen LogP contribution in [0.5, 0.6) is 0 Å². The average molecular weight is 876 g/mol. The molecule has 5 heterocycles. The molecule has 0 spiro atoms. The summed E-state index contributed by atoms with van der Waals surface area (Å²) in [5.74, 6) is -3.23. The molecule has 4 fully saturated rings. The van der Waals surface area contributed by atoms with Crippen molar-refractivity contribution in [2.24, 2.45) is 11.8 Å². The summed E-state index contributed by atoms with van der Waals surface area (Å²) in [6.45, 7) is 7.33. The molecule has 0 aromatic carbocycles. The Morgan fingerprint density at radius 2 is 1.52 bits per heavy atom. The summed E-state index contributed by atoms with van der Waals surface area (Å²) in [7, 11) is 0. The number of Topliss-reactive ketones (excluding diaryl/α,β-unsaturated/α-hetero) is 1. The SMILES string of the molecule is CC[C@@H]1O[C@H](CC)[C@@H]2C(=O)N(CCCCCN(Cc3cn(CCOCCO[C@@H]4OC(C(=O)O)[C@@H](O[C@H]5OC(C)[C@@H](O)[C@H](O)C5F)[C@H](O)C4F)nn3)C(=O)CCC(C)=O)C(=O)[C@@H]21. The number of carbonyl (C=O) groups excluding carboxylic acids is 4. The van der Waals surface area contributed by atoms with Gasteiger partial charge in [0.25, 0.3) is 0 Å². The summed E-state index contributed by atoms with van der Waals surface area (Å²) in [6.07, 6.45) is -14.9. The van der Waals surface area contributed by atoms with E-state index in [1.165, 1.54) is 23.4 Å². The second-order valence-electron chi connectivity index (χ2n) is 15.9. The molecule has 0 saturated carbocycles. The van der Waals surface area contributed by atoms with Crippen LogP contribution in [-0.2, 0) is 65.5 Å². The summed E-state index contributed by atoms with van der Waals surface area (Å²) >= 11 is 0. The van der Waals surface area contributed by atoms with Crippen LogP contribution in [0.25, 0.3) is 0 Å². The molecular weight excluding hydrogens is 816 g/mol. The first-order valence-electron chi connectivity index (χ1n) is 21.0. The van der Waals surface area contributed by atoms with Crippen molar-refractivity contribution in [1.82, 2.24) is 24.8 Å². The lowest BCUT2D eigenvalue weighted by atomic mass is 9.88. The molecule has 1 aromatic heterocycles. The largest absolute Gasteiger partial charge is 0.479 e. The number of carboxylic acid groups (broad SMARTS) is 1. The van der Waals surface area contributed by atoms with E-state index in [1.54, 1.807) is 11.1 Å². The maximum atomic E-state index is 15.2. The van der Waals surface area contributed by atoms with Crippen molar-refractivity contribution in [2.75, 3.05) is 32.9 Å². The van der Waals surface area contributed by atoms with E-state index < -0.39 is 79.4 Å². The first kappa shape index (κ1) is 48.4. The second kappa shape index (κ2) is 22.1. The highest BCUT2D eigenvalue weighted by molar-refractivity contribution is 6.06. The van der Waals surface area contributed by atoms with Gasteiger partial charge in [0, 0.05) is 25.9 Å². The molecule has 0 radical (unpaired) electrons. The lowest BCUT2D eigenvalue weighted by Crippen LogP contribution is -2.63. The van der Waals surface area contributed by atoms with Gasteiger partial charge < -0.3 is 58.5 Å². The number of aromatic nitrogens is 3. The maximum Gasteiger partial charge on any atom is 0.335 e. The van der Waals surface area contributed by atoms with Crippen LogP contribution in [0.2, 0.25) is 0 Å². The van der Waals surface area contributed by atoms with Crippen molar-refractivity contribution in [1.29, 1.82) is 0 Å². The van der Waals surface area contributed by atoms with E-state index in [1.807, 2.05) is 13.8 Å². The monoisotopic (exact) mass is 875 g/mol. The molecule has 22 heteroatoms. The van der Waals surface area contributed by atoms with Crippen LogP contribution in [-0.4, -0.2) is 181 Å². The van der Waals surface area contributed by atoms with Crippen molar-refractivity contribution in [2.45, 2.75) is 159 Å². The van der Waals surface area contributed by atoms with E-state index >= 15 is 4.39 Å². The molecule has 1 aromatic rings. The van der Waals surface area contributed by atoms with Gasteiger partial charge in [0.05, 0.1) is 69.3 Å². The summed E-state index contributed by atoms with van der Waals surface area (Å²) in [4.78, 5) is 66.0. The number of imide groups is 1. The smallest absolute Gasteiger partial charge is 0.335 e. The molecular formula is C39H59F2N5O15. The normalized spacial score (nSPS) is 33.9. The van der Waals surface area contributed by atoms with E-state index in [4.69, 9.17) is 28.4 Å². The van der Waals surface area contributed by atoms with Gasteiger partial charge in [-0.3, -0.25) is 19.3 Å². The third-order valence-electron chi connectivity index (χ3n) is 11.5. The van der Waals surface area contributed by atoms with Gasteiger partial charge in [-0.05, 0) is 46.0 Å². The highest BCUT2D eigenvalue weighted by Gasteiger charge is 2.58. The summed E-state index contributed by atoms with van der Waals surface area (Å²) in [5, 5.41) is 48.2. The predicted octanol–water partition coefficient (Wildman–Crippen LogP) is 0.0664. The summed E-state index contributed by atoms with van der Waals surface area (Å²) < 4.78 is 63.7. The molecule has 4 saturated heterocycles. The number of aliphatic hydroxyl groups is 3. The highest BCUT2D eigenvalue weighted by atomic mass is 19.1. The van der Waals surface area contributed by atoms with Crippen molar-refractivity contribution in [3.63, 3.8) is 0 Å². The third kappa shape index (κ3) is 11.7. The van der Waals surface area contributed by atoms with E-state index in [0.29, 0.717) is 50.9 Å². The van der Waals surface area contributed by atoms with Crippen LogP contribution in [0, 0.1) is 11.8 Å². The van der Waals surface area contributed by atoms with Gasteiger partial charge in [0.1, 0.15) is 35.9 Å². The fourth-order valence-electron chi connectivity index (χ4n) is 8.11. The van der Waals surface area contributed by atoms with Gasteiger partial charge in [0.15, 0.2) is 31.0 Å². The molecule has 4 unspecified atom stereocenters. The first-order valence-corrected chi connectivity index (χ1v) is 21.0. The van der Waals surface area contributed by atoms with Crippen molar-refractivity contribution < 1.29 is 81.6 Å². The molecule has 61 heavy (non-hydrogen) atoms. The fraction of sp³-hybridized carbons (Fsp3) is 0.821. The molecule has 344 valence electrons. The van der Waals surface area contributed by atoms with Gasteiger partial charge in [-0.25, -0.2) is 18.3 Å².